The smallest absolute Gasteiger partial charge is 0.224 e. The first kappa shape index (κ1) is 12.7. The molecule has 0 aliphatic heterocycles. The molecule has 0 saturated heterocycles. The number of nitrogens with zero attached hydrogens (tertiary/aromatic N) is 2. The van der Waals surface area contributed by atoms with Crippen LogP contribution in [0.25, 0.3) is 0 Å². The van der Waals surface area contributed by atoms with Gasteiger partial charge in [-0.05, 0) is 13.3 Å². The molecule has 0 radical (unpaired) electrons. The fourth-order valence-corrected chi connectivity index (χ4v) is 1.43. The van der Waals surface area contributed by atoms with Gasteiger partial charge in [0.15, 0.2) is 0 Å². The number of hydrogen-bond acceptors (Lipinski definition) is 5. The molecule has 0 fully saturated rings. The summed E-state index contributed by atoms with van der Waals surface area (Å²) in [4.78, 5) is 8.57. The van der Waals surface area contributed by atoms with Gasteiger partial charge in [0.05, 0.1) is 12.6 Å². The molecular weight excluding hydrogens is 204 g/mol. The van der Waals surface area contributed by atoms with Gasteiger partial charge in [-0.3, -0.25) is 0 Å². The molecule has 0 aliphatic rings. The highest BCUT2D eigenvalue weighted by atomic mass is 16.5. The summed E-state index contributed by atoms with van der Waals surface area (Å²) in [6.45, 7) is 4.74. The van der Waals surface area contributed by atoms with E-state index in [1.807, 2.05) is 20.0 Å². The highest BCUT2D eigenvalue weighted by molar-refractivity contribution is 5.42. The van der Waals surface area contributed by atoms with Gasteiger partial charge in [-0.15, -0.1) is 0 Å². The Kier molecular flexibility index (Phi) is 4.98. The zero-order valence-electron chi connectivity index (χ0n) is 10.4. The Morgan fingerprint density at radius 3 is 2.75 bits per heavy atom. The minimum Gasteiger partial charge on any atom is -0.383 e. The lowest BCUT2D eigenvalue weighted by molar-refractivity contribution is 0.184. The zero-order chi connectivity index (χ0) is 12.0. The van der Waals surface area contributed by atoms with Crippen molar-refractivity contribution in [1.29, 1.82) is 0 Å². The third-order valence-electron chi connectivity index (χ3n) is 2.29. The molecule has 5 nitrogen and oxygen atoms in total. The Balaban J connectivity index is 2.74. The quantitative estimate of drug-likeness (QED) is 0.769. The van der Waals surface area contributed by atoms with Gasteiger partial charge in [0.2, 0.25) is 5.95 Å². The highest BCUT2D eigenvalue weighted by Gasteiger charge is 2.07. The molecule has 0 aliphatic carbocycles. The molecule has 5 heteroatoms. The van der Waals surface area contributed by atoms with Crippen molar-refractivity contribution in [2.45, 2.75) is 26.3 Å². The van der Waals surface area contributed by atoms with Crippen LogP contribution < -0.4 is 10.6 Å². The summed E-state index contributed by atoms with van der Waals surface area (Å²) in [5.74, 6) is 1.47. The van der Waals surface area contributed by atoms with Crippen molar-refractivity contribution >= 4 is 11.8 Å². The topological polar surface area (TPSA) is 59.1 Å². The summed E-state index contributed by atoms with van der Waals surface area (Å²) in [6, 6.07) is 2.21. The molecule has 1 aromatic heterocycles. The number of rotatable bonds is 6. The molecule has 90 valence electrons. The largest absolute Gasteiger partial charge is 0.383 e. The second kappa shape index (κ2) is 6.27. The summed E-state index contributed by atoms with van der Waals surface area (Å²) in [7, 11) is 3.51. The average molecular weight is 224 g/mol. The van der Waals surface area contributed by atoms with Crippen molar-refractivity contribution in [3.8, 4) is 0 Å². The van der Waals surface area contributed by atoms with Crippen LogP contribution in [0, 0.1) is 6.92 Å². The monoisotopic (exact) mass is 224 g/mol. The number of ether oxygens (including phenoxy) is 1. The van der Waals surface area contributed by atoms with Crippen molar-refractivity contribution in [3.05, 3.63) is 11.8 Å². The molecule has 0 saturated carbocycles. The maximum atomic E-state index is 5.13. The Labute approximate surface area is 96.6 Å². The van der Waals surface area contributed by atoms with Gasteiger partial charge in [0.25, 0.3) is 0 Å². The maximum Gasteiger partial charge on any atom is 0.224 e. The van der Waals surface area contributed by atoms with Crippen molar-refractivity contribution in [2.75, 3.05) is 31.4 Å². The lowest BCUT2D eigenvalue weighted by Gasteiger charge is -2.17. The molecule has 16 heavy (non-hydrogen) atoms. The Hall–Kier alpha value is -1.36. The first-order chi connectivity index (χ1) is 7.69. The van der Waals surface area contributed by atoms with Crippen LogP contribution in [0.1, 0.15) is 19.0 Å². The highest BCUT2D eigenvalue weighted by Crippen LogP contribution is 2.11. The fraction of sp³-hybridized carbons (Fsp3) is 0.636. The molecule has 1 unspecified atom stereocenters. The van der Waals surface area contributed by atoms with Gasteiger partial charge in [-0.2, -0.15) is 4.98 Å². The normalized spacial score (nSPS) is 12.2. The van der Waals surface area contributed by atoms with Gasteiger partial charge >= 0.3 is 0 Å². The molecule has 0 spiro atoms. The minimum absolute atomic E-state index is 0.281. The molecule has 1 atom stereocenters. The Bertz CT molecular complexity index is 330. The van der Waals surface area contributed by atoms with Crippen LogP contribution in [0.5, 0.6) is 0 Å². The van der Waals surface area contributed by atoms with Crippen molar-refractivity contribution in [1.82, 2.24) is 9.97 Å². The van der Waals surface area contributed by atoms with Gasteiger partial charge < -0.3 is 15.4 Å². The molecular formula is C11H20N4O. The van der Waals surface area contributed by atoms with E-state index in [-0.39, 0.29) is 6.04 Å². The Morgan fingerprint density at radius 2 is 2.19 bits per heavy atom. The SMILES string of the molecule is CCC(COC)Nc1cc(C)nc(NC)n1. The number of aromatic nitrogens is 2. The molecule has 0 aromatic carbocycles. The number of methoxy groups -OCH3 is 1. The van der Waals surface area contributed by atoms with Crippen LogP contribution >= 0.6 is 0 Å². The van der Waals surface area contributed by atoms with E-state index in [0.29, 0.717) is 12.6 Å². The molecule has 1 aromatic rings. The fourth-order valence-electron chi connectivity index (χ4n) is 1.43. The van der Waals surface area contributed by atoms with Crippen molar-refractivity contribution in [2.24, 2.45) is 0 Å². The second-order valence-corrected chi connectivity index (χ2v) is 3.67. The summed E-state index contributed by atoms with van der Waals surface area (Å²) < 4.78 is 5.13. The van der Waals surface area contributed by atoms with Crippen LogP contribution in [0.15, 0.2) is 6.07 Å². The first-order valence-corrected chi connectivity index (χ1v) is 5.48. The lowest BCUT2D eigenvalue weighted by atomic mass is 10.2. The van der Waals surface area contributed by atoms with Gasteiger partial charge in [0, 0.05) is 25.9 Å². The van der Waals surface area contributed by atoms with Gasteiger partial charge in [0.1, 0.15) is 5.82 Å². The molecule has 1 heterocycles. The maximum absolute atomic E-state index is 5.13. The van der Waals surface area contributed by atoms with E-state index in [1.165, 1.54) is 0 Å². The van der Waals surface area contributed by atoms with Crippen LogP contribution in [-0.4, -0.2) is 36.8 Å². The summed E-state index contributed by atoms with van der Waals surface area (Å²) in [6.07, 6.45) is 0.992. The summed E-state index contributed by atoms with van der Waals surface area (Å²) >= 11 is 0. The summed E-state index contributed by atoms with van der Waals surface area (Å²) in [5, 5.41) is 6.27. The van der Waals surface area contributed by atoms with Gasteiger partial charge in [-0.1, -0.05) is 6.92 Å². The number of anilines is 2. The van der Waals surface area contributed by atoms with Gasteiger partial charge in [-0.25, -0.2) is 4.98 Å². The van der Waals surface area contributed by atoms with Crippen molar-refractivity contribution < 1.29 is 4.74 Å². The number of nitrogens with one attached hydrogen (secondary N) is 2. The zero-order valence-corrected chi connectivity index (χ0v) is 10.4. The second-order valence-electron chi connectivity index (χ2n) is 3.67. The van der Waals surface area contributed by atoms with E-state index in [4.69, 9.17) is 4.74 Å². The lowest BCUT2D eigenvalue weighted by Crippen LogP contribution is -2.24. The third kappa shape index (κ3) is 3.66. The van der Waals surface area contributed by atoms with E-state index in [9.17, 15) is 0 Å². The van der Waals surface area contributed by atoms with Crippen LogP contribution in [0.3, 0.4) is 0 Å². The molecule has 0 amide bonds. The average Bonchev–Trinajstić information content (AvgIpc) is 2.27. The van der Waals surface area contributed by atoms with E-state index in [2.05, 4.69) is 27.5 Å². The summed E-state index contributed by atoms with van der Waals surface area (Å²) in [5.41, 5.74) is 0.939. The predicted molar refractivity (Wildman–Crippen MR) is 65.9 cm³/mol. The minimum atomic E-state index is 0.281. The molecule has 0 bridgehead atoms. The predicted octanol–water partition coefficient (Wildman–Crippen LogP) is 1.66. The third-order valence-corrected chi connectivity index (χ3v) is 2.29. The molecule has 2 N–H and O–H groups in total. The van der Waals surface area contributed by atoms with E-state index in [1.54, 1.807) is 7.11 Å². The van der Waals surface area contributed by atoms with Crippen molar-refractivity contribution in [3.63, 3.8) is 0 Å². The van der Waals surface area contributed by atoms with E-state index in [0.717, 1.165) is 17.9 Å². The van der Waals surface area contributed by atoms with Crippen LogP contribution in [0.4, 0.5) is 11.8 Å². The van der Waals surface area contributed by atoms with E-state index >= 15 is 0 Å². The number of aryl methyl sites for hydroxylation is 1. The first-order valence-electron chi connectivity index (χ1n) is 5.48. The van der Waals surface area contributed by atoms with Crippen LogP contribution in [-0.2, 0) is 4.74 Å². The molecule has 1 rings (SSSR count). The Morgan fingerprint density at radius 1 is 1.44 bits per heavy atom. The number of hydrogen-bond donors (Lipinski definition) is 2. The van der Waals surface area contributed by atoms with Crippen LogP contribution in [0.2, 0.25) is 0 Å². The van der Waals surface area contributed by atoms with E-state index < -0.39 is 0 Å². The standard InChI is InChI=1S/C11H20N4O/c1-5-9(7-16-4)14-10-6-8(2)13-11(12-3)15-10/h6,9H,5,7H2,1-4H3,(H2,12,13,14,15).